The summed E-state index contributed by atoms with van der Waals surface area (Å²) in [4.78, 5) is 39.2. The molecule has 3 aromatic rings. The fourth-order valence-electron chi connectivity index (χ4n) is 5.42. The number of hydrogen-bond donors (Lipinski definition) is 2. The van der Waals surface area contributed by atoms with Crippen LogP contribution in [0.25, 0.3) is 0 Å². The second-order valence-corrected chi connectivity index (χ2v) is 10.5. The maximum atomic E-state index is 14.3. The number of pyridine rings is 2. The molecule has 204 valence electrons. The second-order valence-electron chi connectivity index (χ2n) is 10.5. The van der Waals surface area contributed by atoms with E-state index in [0.717, 1.165) is 31.7 Å². The molecule has 9 heteroatoms. The standard InChI is InChI=1S/C30H35FN6O2/c1-20-27(30(39)34-23-10-11-28(33-18-23)36(2)25-8-4-3-5-9-25)17-24(19-32-20)35-29(38)21-14-22(31)16-26(15-21)37-12-6-7-13-37/h10-11,14-19,25H,3-9,12-13H2,1-2H3,(H,34,39)(H,35,38). The molecule has 2 amide bonds. The molecular weight excluding hydrogens is 495 g/mol. The Morgan fingerprint density at radius 3 is 2.33 bits per heavy atom. The van der Waals surface area contributed by atoms with Gasteiger partial charge in [-0.3, -0.25) is 14.6 Å². The van der Waals surface area contributed by atoms with E-state index in [4.69, 9.17) is 0 Å². The predicted molar refractivity (Wildman–Crippen MR) is 152 cm³/mol. The molecule has 1 saturated heterocycles. The molecule has 2 aromatic heterocycles. The smallest absolute Gasteiger partial charge is 0.257 e. The molecule has 2 fully saturated rings. The van der Waals surface area contributed by atoms with Crippen LogP contribution in [0.15, 0.2) is 48.8 Å². The van der Waals surface area contributed by atoms with Crippen LogP contribution in [0.2, 0.25) is 0 Å². The van der Waals surface area contributed by atoms with Gasteiger partial charge in [-0.1, -0.05) is 19.3 Å². The maximum absolute atomic E-state index is 14.3. The van der Waals surface area contributed by atoms with E-state index >= 15 is 0 Å². The maximum Gasteiger partial charge on any atom is 0.257 e. The summed E-state index contributed by atoms with van der Waals surface area (Å²) in [6.45, 7) is 3.43. The van der Waals surface area contributed by atoms with Crippen LogP contribution in [0, 0.1) is 12.7 Å². The van der Waals surface area contributed by atoms with E-state index in [9.17, 15) is 14.0 Å². The minimum atomic E-state index is -0.464. The van der Waals surface area contributed by atoms with Gasteiger partial charge in [0.2, 0.25) is 0 Å². The highest BCUT2D eigenvalue weighted by Crippen LogP contribution is 2.26. The first kappa shape index (κ1) is 26.6. The van der Waals surface area contributed by atoms with Gasteiger partial charge in [-0.2, -0.15) is 0 Å². The van der Waals surface area contributed by atoms with Crippen LogP contribution in [0.3, 0.4) is 0 Å². The van der Waals surface area contributed by atoms with Gasteiger partial charge in [0, 0.05) is 37.4 Å². The molecule has 1 aliphatic heterocycles. The summed E-state index contributed by atoms with van der Waals surface area (Å²) in [5.74, 6) is -0.397. The number of benzene rings is 1. The lowest BCUT2D eigenvalue weighted by molar-refractivity contribution is 0.101. The fraction of sp³-hybridized carbons (Fsp3) is 0.400. The molecule has 8 nitrogen and oxygen atoms in total. The zero-order chi connectivity index (χ0) is 27.4. The average molecular weight is 531 g/mol. The number of hydrogen-bond acceptors (Lipinski definition) is 6. The van der Waals surface area contributed by atoms with E-state index in [2.05, 4.69) is 37.4 Å². The van der Waals surface area contributed by atoms with Gasteiger partial charge in [0.15, 0.2) is 0 Å². The third-order valence-electron chi connectivity index (χ3n) is 7.69. The Balaban J connectivity index is 1.25. The van der Waals surface area contributed by atoms with Crippen molar-refractivity contribution < 1.29 is 14.0 Å². The molecule has 0 spiro atoms. The number of aromatic nitrogens is 2. The molecule has 5 rings (SSSR count). The lowest BCUT2D eigenvalue weighted by Gasteiger charge is -2.32. The Bertz CT molecular complexity index is 1330. The lowest BCUT2D eigenvalue weighted by Crippen LogP contribution is -2.33. The number of carbonyl (C=O) groups excluding carboxylic acids is 2. The van der Waals surface area contributed by atoms with E-state index in [0.29, 0.717) is 34.4 Å². The van der Waals surface area contributed by atoms with Crippen molar-refractivity contribution in [1.82, 2.24) is 9.97 Å². The van der Waals surface area contributed by atoms with Crippen molar-refractivity contribution in [2.45, 2.75) is 57.9 Å². The highest BCUT2D eigenvalue weighted by molar-refractivity contribution is 6.08. The van der Waals surface area contributed by atoms with Gasteiger partial charge in [0.05, 0.1) is 35.0 Å². The third-order valence-corrected chi connectivity index (χ3v) is 7.69. The number of halogens is 1. The summed E-state index contributed by atoms with van der Waals surface area (Å²) in [6, 6.07) is 10.2. The van der Waals surface area contributed by atoms with E-state index in [1.165, 1.54) is 50.4 Å². The molecule has 2 aliphatic rings. The van der Waals surface area contributed by atoms with E-state index in [1.54, 1.807) is 25.3 Å². The van der Waals surface area contributed by atoms with Crippen molar-refractivity contribution in [2.75, 3.05) is 40.6 Å². The normalized spacial score (nSPS) is 15.7. The van der Waals surface area contributed by atoms with Crippen molar-refractivity contribution in [3.05, 3.63) is 71.4 Å². The third kappa shape index (κ3) is 6.35. The first-order valence-electron chi connectivity index (χ1n) is 13.7. The zero-order valence-electron chi connectivity index (χ0n) is 22.5. The Morgan fingerprint density at radius 2 is 1.62 bits per heavy atom. The van der Waals surface area contributed by atoms with Crippen molar-refractivity contribution in [2.24, 2.45) is 0 Å². The molecule has 0 atom stereocenters. The van der Waals surface area contributed by atoms with Crippen LogP contribution < -0.4 is 20.4 Å². The highest BCUT2D eigenvalue weighted by Gasteiger charge is 2.20. The molecular formula is C30H35FN6O2. The van der Waals surface area contributed by atoms with Crippen molar-refractivity contribution in [1.29, 1.82) is 0 Å². The van der Waals surface area contributed by atoms with Gasteiger partial charge in [-0.25, -0.2) is 9.37 Å². The average Bonchev–Trinajstić information content (AvgIpc) is 3.49. The number of nitrogens with one attached hydrogen (secondary N) is 2. The van der Waals surface area contributed by atoms with Gasteiger partial charge >= 0.3 is 0 Å². The predicted octanol–water partition coefficient (Wildman–Crippen LogP) is 5.80. The van der Waals surface area contributed by atoms with Gasteiger partial charge in [0.1, 0.15) is 11.6 Å². The summed E-state index contributed by atoms with van der Waals surface area (Å²) in [5.41, 5.74) is 2.69. The van der Waals surface area contributed by atoms with Gasteiger partial charge in [0.25, 0.3) is 11.8 Å². The molecule has 0 unspecified atom stereocenters. The van der Waals surface area contributed by atoms with E-state index in [-0.39, 0.29) is 11.5 Å². The van der Waals surface area contributed by atoms with Crippen LogP contribution >= 0.6 is 0 Å². The van der Waals surface area contributed by atoms with Crippen LogP contribution in [0.4, 0.5) is 27.3 Å². The van der Waals surface area contributed by atoms with Gasteiger partial charge in [-0.15, -0.1) is 0 Å². The van der Waals surface area contributed by atoms with Crippen molar-refractivity contribution in [3.63, 3.8) is 0 Å². The highest BCUT2D eigenvalue weighted by atomic mass is 19.1. The summed E-state index contributed by atoms with van der Waals surface area (Å²) in [6.07, 6.45) is 11.4. The Kier molecular flexibility index (Phi) is 8.05. The number of rotatable bonds is 7. The first-order valence-corrected chi connectivity index (χ1v) is 13.7. The second kappa shape index (κ2) is 11.8. The zero-order valence-corrected chi connectivity index (χ0v) is 22.5. The summed E-state index contributed by atoms with van der Waals surface area (Å²) in [7, 11) is 2.07. The largest absolute Gasteiger partial charge is 0.371 e. The van der Waals surface area contributed by atoms with Gasteiger partial charge in [-0.05, 0) is 69.0 Å². The van der Waals surface area contributed by atoms with Crippen molar-refractivity contribution >= 4 is 34.7 Å². The minimum Gasteiger partial charge on any atom is -0.371 e. The number of nitrogens with zero attached hydrogens (tertiary/aromatic N) is 4. The molecule has 1 aliphatic carbocycles. The Morgan fingerprint density at radius 1 is 0.897 bits per heavy atom. The van der Waals surface area contributed by atoms with E-state index in [1.807, 2.05) is 12.1 Å². The topological polar surface area (TPSA) is 90.5 Å². The Hall–Kier alpha value is -4.01. The van der Waals surface area contributed by atoms with Crippen LogP contribution in [-0.4, -0.2) is 48.0 Å². The first-order chi connectivity index (χ1) is 18.9. The quantitative estimate of drug-likeness (QED) is 0.401. The van der Waals surface area contributed by atoms with Crippen LogP contribution in [0.5, 0.6) is 0 Å². The van der Waals surface area contributed by atoms with Crippen LogP contribution in [-0.2, 0) is 0 Å². The summed E-state index contributed by atoms with van der Waals surface area (Å²) >= 11 is 0. The molecule has 0 radical (unpaired) electrons. The van der Waals surface area contributed by atoms with E-state index < -0.39 is 11.7 Å². The summed E-state index contributed by atoms with van der Waals surface area (Å²) in [5, 5.41) is 5.63. The summed E-state index contributed by atoms with van der Waals surface area (Å²) < 4.78 is 14.3. The molecule has 0 bridgehead atoms. The number of anilines is 4. The molecule has 3 heterocycles. The number of carbonyl (C=O) groups is 2. The Labute approximate surface area is 228 Å². The molecule has 1 aromatic carbocycles. The monoisotopic (exact) mass is 530 g/mol. The molecule has 39 heavy (non-hydrogen) atoms. The lowest BCUT2D eigenvalue weighted by atomic mass is 9.94. The molecule has 2 N–H and O–H groups in total. The number of amides is 2. The SMILES string of the molecule is Cc1ncc(NC(=O)c2cc(F)cc(N3CCCC3)c2)cc1C(=O)Nc1ccc(N(C)C2CCCCC2)nc1. The number of aryl methyl sites for hydroxylation is 1. The van der Waals surface area contributed by atoms with Gasteiger partial charge < -0.3 is 20.4 Å². The molecule has 1 saturated carbocycles. The van der Waals surface area contributed by atoms with Crippen molar-refractivity contribution in [3.8, 4) is 0 Å². The fourth-order valence-corrected chi connectivity index (χ4v) is 5.42. The van der Waals surface area contributed by atoms with Crippen LogP contribution in [0.1, 0.15) is 71.4 Å². The minimum absolute atomic E-state index is 0.216.